The summed E-state index contributed by atoms with van der Waals surface area (Å²) in [5.41, 5.74) is 4.21. The number of amides is 1. The van der Waals surface area contributed by atoms with E-state index in [4.69, 9.17) is 0 Å². The summed E-state index contributed by atoms with van der Waals surface area (Å²) in [6.45, 7) is 4.51. The Balaban J connectivity index is 1.81. The number of rotatable bonds is 4. The maximum atomic E-state index is 12.3. The highest BCUT2D eigenvalue weighted by atomic mass is 79.9. The molecule has 24 heavy (non-hydrogen) atoms. The summed E-state index contributed by atoms with van der Waals surface area (Å²) >= 11 is 3.44. The number of pyridine rings is 1. The zero-order valence-corrected chi connectivity index (χ0v) is 15.0. The normalized spacial score (nSPS) is 10.6. The second-order valence-corrected chi connectivity index (χ2v) is 6.44. The molecule has 5 nitrogen and oxygen atoms in total. The number of carbonyl (C=O) groups is 1. The van der Waals surface area contributed by atoms with Gasteiger partial charge >= 0.3 is 0 Å². The van der Waals surface area contributed by atoms with Crippen molar-refractivity contribution in [3.05, 3.63) is 75.8 Å². The molecule has 1 aromatic carbocycles. The van der Waals surface area contributed by atoms with Gasteiger partial charge < -0.3 is 5.32 Å². The first kappa shape index (κ1) is 16.4. The highest BCUT2D eigenvalue weighted by Gasteiger charge is 2.15. The molecule has 1 N–H and O–H groups in total. The summed E-state index contributed by atoms with van der Waals surface area (Å²) < 4.78 is 2.95. The first-order valence-electron chi connectivity index (χ1n) is 7.54. The second kappa shape index (κ2) is 6.97. The SMILES string of the molecule is Cc1nn(Cc2ccc(Br)cc2)c(C)c1NC(=O)c1ccncc1. The number of aryl methyl sites for hydroxylation is 1. The quantitative estimate of drug-likeness (QED) is 0.740. The Morgan fingerprint density at radius 3 is 2.46 bits per heavy atom. The Morgan fingerprint density at radius 2 is 1.79 bits per heavy atom. The number of halogens is 1. The number of hydrogen-bond acceptors (Lipinski definition) is 3. The lowest BCUT2D eigenvalue weighted by Crippen LogP contribution is -2.13. The molecule has 6 heteroatoms. The minimum Gasteiger partial charge on any atom is -0.319 e. The van der Waals surface area contributed by atoms with Crippen LogP contribution in [0.15, 0.2) is 53.3 Å². The Kier molecular flexibility index (Phi) is 4.76. The molecule has 0 aliphatic carbocycles. The third-order valence-electron chi connectivity index (χ3n) is 3.81. The van der Waals surface area contributed by atoms with E-state index >= 15 is 0 Å². The number of aromatic nitrogens is 3. The van der Waals surface area contributed by atoms with Crippen molar-refractivity contribution >= 4 is 27.5 Å². The molecule has 0 bridgehead atoms. The fourth-order valence-electron chi connectivity index (χ4n) is 2.48. The van der Waals surface area contributed by atoms with Crippen LogP contribution in [-0.2, 0) is 6.54 Å². The summed E-state index contributed by atoms with van der Waals surface area (Å²) in [6.07, 6.45) is 3.21. The molecule has 2 aromatic heterocycles. The number of benzene rings is 1. The van der Waals surface area contributed by atoms with E-state index in [1.165, 1.54) is 0 Å². The van der Waals surface area contributed by atoms with Gasteiger partial charge in [-0.05, 0) is 43.7 Å². The maximum absolute atomic E-state index is 12.3. The van der Waals surface area contributed by atoms with Gasteiger partial charge in [0, 0.05) is 22.4 Å². The molecule has 0 radical (unpaired) electrons. The van der Waals surface area contributed by atoms with Gasteiger partial charge in [-0.15, -0.1) is 0 Å². The Labute approximate surface area is 148 Å². The Hall–Kier alpha value is -2.47. The molecule has 0 aliphatic heterocycles. The molecule has 2 heterocycles. The van der Waals surface area contributed by atoms with Crippen molar-refractivity contribution in [3.8, 4) is 0 Å². The van der Waals surface area contributed by atoms with Crippen molar-refractivity contribution in [1.82, 2.24) is 14.8 Å². The van der Waals surface area contributed by atoms with Gasteiger partial charge in [0.25, 0.3) is 5.91 Å². The van der Waals surface area contributed by atoms with Crippen molar-refractivity contribution in [1.29, 1.82) is 0 Å². The van der Waals surface area contributed by atoms with Gasteiger partial charge in [-0.1, -0.05) is 28.1 Å². The summed E-state index contributed by atoms with van der Waals surface area (Å²) in [5.74, 6) is -0.160. The molecule has 0 atom stereocenters. The van der Waals surface area contributed by atoms with E-state index in [9.17, 15) is 4.79 Å². The van der Waals surface area contributed by atoms with Gasteiger partial charge in [0.05, 0.1) is 23.6 Å². The highest BCUT2D eigenvalue weighted by Crippen LogP contribution is 2.21. The minimum atomic E-state index is -0.160. The van der Waals surface area contributed by atoms with E-state index in [0.29, 0.717) is 12.1 Å². The molecule has 0 spiro atoms. The monoisotopic (exact) mass is 384 g/mol. The van der Waals surface area contributed by atoms with Crippen molar-refractivity contribution < 1.29 is 4.79 Å². The number of hydrogen-bond donors (Lipinski definition) is 1. The second-order valence-electron chi connectivity index (χ2n) is 5.52. The lowest BCUT2D eigenvalue weighted by atomic mass is 10.2. The molecule has 3 aromatic rings. The van der Waals surface area contributed by atoms with Gasteiger partial charge in [0.15, 0.2) is 0 Å². The average Bonchev–Trinajstić information content (AvgIpc) is 2.85. The predicted octanol–water partition coefficient (Wildman–Crippen LogP) is 3.96. The van der Waals surface area contributed by atoms with Crippen LogP contribution in [0.3, 0.4) is 0 Å². The molecule has 3 rings (SSSR count). The van der Waals surface area contributed by atoms with Gasteiger partial charge in [0.1, 0.15) is 0 Å². The largest absolute Gasteiger partial charge is 0.319 e. The Morgan fingerprint density at radius 1 is 1.12 bits per heavy atom. The first-order valence-corrected chi connectivity index (χ1v) is 8.33. The van der Waals surface area contributed by atoms with Crippen LogP contribution in [0.4, 0.5) is 5.69 Å². The molecular weight excluding hydrogens is 368 g/mol. The average molecular weight is 385 g/mol. The highest BCUT2D eigenvalue weighted by molar-refractivity contribution is 9.10. The predicted molar refractivity (Wildman–Crippen MR) is 97.1 cm³/mol. The smallest absolute Gasteiger partial charge is 0.255 e. The van der Waals surface area contributed by atoms with E-state index < -0.39 is 0 Å². The van der Waals surface area contributed by atoms with Gasteiger partial charge in [-0.3, -0.25) is 14.5 Å². The van der Waals surface area contributed by atoms with E-state index in [1.807, 2.05) is 30.7 Å². The topological polar surface area (TPSA) is 59.8 Å². The molecule has 0 fully saturated rings. The lowest BCUT2D eigenvalue weighted by molar-refractivity contribution is 0.102. The standard InChI is InChI=1S/C18H17BrN4O/c1-12-17(21-18(24)15-7-9-20-10-8-15)13(2)23(22-12)11-14-3-5-16(19)6-4-14/h3-10H,11H2,1-2H3,(H,21,24). The van der Waals surface area contributed by atoms with Crippen molar-refractivity contribution in [3.63, 3.8) is 0 Å². The minimum absolute atomic E-state index is 0.160. The number of nitrogens with zero attached hydrogens (tertiary/aromatic N) is 3. The number of anilines is 1. The Bertz CT molecular complexity index is 857. The molecule has 0 saturated heterocycles. The summed E-state index contributed by atoms with van der Waals surface area (Å²) in [5, 5.41) is 7.51. The lowest BCUT2D eigenvalue weighted by Gasteiger charge is -2.07. The third kappa shape index (κ3) is 3.54. The molecule has 0 aliphatic rings. The zero-order chi connectivity index (χ0) is 17.1. The fourth-order valence-corrected chi connectivity index (χ4v) is 2.75. The maximum Gasteiger partial charge on any atom is 0.255 e. The van der Waals surface area contributed by atoms with Crippen molar-refractivity contribution in [2.75, 3.05) is 5.32 Å². The zero-order valence-electron chi connectivity index (χ0n) is 13.5. The van der Waals surface area contributed by atoms with Crippen molar-refractivity contribution in [2.24, 2.45) is 0 Å². The van der Waals surface area contributed by atoms with E-state index in [-0.39, 0.29) is 5.91 Å². The van der Waals surface area contributed by atoms with E-state index in [2.05, 4.69) is 43.5 Å². The van der Waals surface area contributed by atoms with Crippen LogP contribution >= 0.6 is 15.9 Å². The van der Waals surface area contributed by atoms with E-state index in [1.54, 1.807) is 24.5 Å². The van der Waals surface area contributed by atoms with Gasteiger partial charge in [-0.2, -0.15) is 5.10 Å². The molecule has 0 saturated carbocycles. The van der Waals surface area contributed by atoms with Crippen LogP contribution in [0.1, 0.15) is 27.3 Å². The molecule has 122 valence electrons. The van der Waals surface area contributed by atoms with Crippen LogP contribution in [0.2, 0.25) is 0 Å². The van der Waals surface area contributed by atoms with Gasteiger partial charge in [-0.25, -0.2) is 0 Å². The van der Waals surface area contributed by atoms with Crippen LogP contribution in [0.25, 0.3) is 0 Å². The van der Waals surface area contributed by atoms with Crippen LogP contribution in [-0.4, -0.2) is 20.7 Å². The molecular formula is C18H17BrN4O. The summed E-state index contributed by atoms with van der Waals surface area (Å²) in [6, 6.07) is 11.5. The summed E-state index contributed by atoms with van der Waals surface area (Å²) in [4.78, 5) is 16.3. The third-order valence-corrected chi connectivity index (χ3v) is 4.34. The number of nitrogens with one attached hydrogen (secondary N) is 1. The van der Waals surface area contributed by atoms with Crippen LogP contribution < -0.4 is 5.32 Å². The summed E-state index contributed by atoms with van der Waals surface area (Å²) in [7, 11) is 0. The van der Waals surface area contributed by atoms with Crippen LogP contribution in [0, 0.1) is 13.8 Å². The van der Waals surface area contributed by atoms with Crippen molar-refractivity contribution in [2.45, 2.75) is 20.4 Å². The first-order chi connectivity index (χ1) is 11.5. The molecule has 1 amide bonds. The van der Waals surface area contributed by atoms with Crippen LogP contribution in [0.5, 0.6) is 0 Å². The fraction of sp³-hybridized carbons (Fsp3) is 0.167. The van der Waals surface area contributed by atoms with E-state index in [0.717, 1.165) is 27.1 Å². The number of carbonyl (C=O) groups excluding carboxylic acids is 1. The van der Waals surface area contributed by atoms with Gasteiger partial charge in [0.2, 0.25) is 0 Å². The molecule has 0 unspecified atom stereocenters.